The van der Waals surface area contributed by atoms with Crippen molar-refractivity contribution in [3.63, 3.8) is 0 Å². The van der Waals surface area contributed by atoms with Crippen molar-refractivity contribution < 1.29 is 0 Å². The minimum atomic E-state index is 0.886. The second kappa shape index (κ2) is 6.50. The van der Waals surface area contributed by atoms with Crippen molar-refractivity contribution in [1.82, 2.24) is 0 Å². The van der Waals surface area contributed by atoms with E-state index in [-0.39, 0.29) is 0 Å². The molecule has 1 aromatic rings. The predicted octanol–water partition coefficient (Wildman–Crippen LogP) is 7.05. The third kappa shape index (κ3) is 2.74. The highest BCUT2D eigenvalue weighted by molar-refractivity contribution is 5.35. The molecule has 0 nitrogen and oxygen atoms in total. The molecular formula is C24H34. The quantitative estimate of drug-likeness (QED) is 0.547. The van der Waals surface area contributed by atoms with Crippen LogP contribution in [0.4, 0.5) is 0 Å². The van der Waals surface area contributed by atoms with Crippen molar-refractivity contribution in [3.8, 4) is 0 Å². The molecule has 0 aliphatic heterocycles. The van der Waals surface area contributed by atoms with Crippen LogP contribution in [-0.4, -0.2) is 0 Å². The lowest BCUT2D eigenvalue weighted by atomic mass is 9.82. The Morgan fingerprint density at radius 3 is 1.17 bits per heavy atom. The molecule has 24 heavy (non-hydrogen) atoms. The zero-order chi connectivity index (χ0) is 15.9. The minimum Gasteiger partial charge on any atom is -0.0620 e. The van der Waals surface area contributed by atoms with Gasteiger partial charge in [-0.25, -0.2) is 0 Å². The highest BCUT2D eigenvalue weighted by Crippen LogP contribution is 2.53. The van der Waals surface area contributed by atoms with Crippen LogP contribution in [-0.2, 0) is 0 Å². The van der Waals surface area contributed by atoms with Crippen LogP contribution in [0.3, 0.4) is 0 Å². The van der Waals surface area contributed by atoms with Gasteiger partial charge in [0.05, 0.1) is 0 Å². The van der Waals surface area contributed by atoms with Gasteiger partial charge in [0, 0.05) is 0 Å². The molecule has 4 unspecified atom stereocenters. The molecule has 0 spiro atoms. The molecule has 0 aromatic heterocycles. The maximum absolute atomic E-state index is 2.51. The molecule has 0 heterocycles. The first-order valence-corrected chi connectivity index (χ1v) is 11.0. The van der Waals surface area contributed by atoms with Crippen LogP contribution < -0.4 is 0 Å². The summed E-state index contributed by atoms with van der Waals surface area (Å²) in [6.45, 7) is 0. The Morgan fingerprint density at radius 1 is 0.500 bits per heavy atom. The van der Waals surface area contributed by atoms with Gasteiger partial charge in [0.1, 0.15) is 0 Å². The number of hydrogen-bond acceptors (Lipinski definition) is 0. The molecule has 1 aromatic carbocycles. The van der Waals surface area contributed by atoms with Gasteiger partial charge >= 0.3 is 0 Å². The lowest BCUT2D eigenvalue weighted by Gasteiger charge is -2.24. The zero-order valence-electron chi connectivity index (χ0n) is 15.3. The highest BCUT2D eigenvalue weighted by atomic mass is 14.4. The SMILES string of the molecule is c1ccc(C2CC3CCCCC3C2)c(C2CC3CCCCC3C2)c1. The van der Waals surface area contributed by atoms with Gasteiger partial charge in [-0.1, -0.05) is 75.6 Å². The van der Waals surface area contributed by atoms with E-state index >= 15 is 0 Å². The van der Waals surface area contributed by atoms with E-state index in [2.05, 4.69) is 24.3 Å². The minimum absolute atomic E-state index is 0.886. The molecule has 0 N–H and O–H groups in total. The van der Waals surface area contributed by atoms with Crippen LogP contribution in [0.1, 0.15) is 100 Å². The first kappa shape index (κ1) is 15.5. The Labute approximate surface area is 148 Å². The number of rotatable bonds is 2. The van der Waals surface area contributed by atoms with E-state index in [0.717, 1.165) is 35.5 Å². The lowest BCUT2D eigenvalue weighted by molar-refractivity contribution is 0.277. The van der Waals surface area contributed by atoms with Crippen molar-refractivity contribution >= 4 is 0 Å². The molecule has 0 amide bonds. The monoisotopic (exact) mass is 322 g/mol. The normalized spacial score (nSPS) is 41.8. The van der Waals surface area contributed by atoms with Gasteiger partial charge in [0.2, 0.25) is 0 Å². The second-order valence-electron chi connectivity index (χ2n) is 9.57. The van der Waals surface area contributed by atoms with Crippen molar-refractivity contribution in [2.24, 2.45) is 23.7 Å². The first-order chi connectivity index (χ1) is 11.9. The lowest BCUT2D eigenvalue weighted by Crippen LogP contribution is -2.12. The molecule has 4 aliphatic rings. The van der Waals surface area contributed by atoms with E-state index in [1.165, 1.54) is 77.0 Å². The van der Waals surface area contributed by atoms with Gasteiger partial charge in [-0.3, -0.25) is 0 Å². The van der Waals surface area contributed by atoms with E-state index in [9.17, 15) is 0 Å². The summed E-state index contributed by atoms with van der Waals surface area (Å²) in [5, 5.41) is 0. The molecule has 0 bridgehead atoms. The van der Waals surface area contributed by atoms with Gasteiger partial charge < -0.3 is 0 Å². The van der Waals surface area contributed by atoms with Crippen molar-refractivity contribution in [3.05, 3.63) is 35.4 Å². The summed E-state index contributed by atoms with van der Waals surface area (Å²) in [6, 6.07) is 9.67. The van der Waals surface area contributed by atoms with Crippen LogP contribution in [0.25, 0.3) is 0 Å². The maximum atomic E-state index is 2.51. The second-order valence-corrected chi connectivity index (χ2v) is 9.57. The Hall–Kier alpha value is -0.780. The van der Waals surface area contributed by atoms with Crippen molar-refractivity contribution in [2.75, 3.05) is 0 Å². The zero-order valence-corrected chi connectivity index (χ0v) is 15.3. The summed E-state index contributed by atoms with van der Waals surface area (Å²) in [6.07, 6.45) is 18.1. The molecular weight excluding hydrogens is 288 g/mol. The summed E-state index contributed by atoms with van der Waals surface area (Å²) in [5.74, 6) is 6.01. The molecule has 4 saturated carbocycles. The van der Waals surface area contributed by atoms with Gasteiger partial charge in [0.25, 0.3) is 0 Å². The largest absolute Gasteiger partial charge is 0.0620 e. The summed E-state index contributed by atoms with van der Waals surface area (Å²) < 4.78 is 0. The standard InChI is InChI=1S/C24H34/c1-2-8-18-14-21(13-17(18)7-1)23-11-5-6-12-24(23)22-15-19-9-3-4-10-20(19)16-22/h5-6,11-12,17-22H,1-4,7-10,13-16H2. The third-order valence-corrected chi connectivity index (χ3v) is 8.36. The fourth-order valence-corrected chi connectivity index (χ4v) is 7.23. The third-order valence-electron chi connectivity index (χ3n) is 8.36. The Morgan fingerprint density at radius 2 is 0.833 bits per heavy atom. The molecule has 5 rings (SSSR count). The Bertz CT molecular complexity index is 494. The molecule has 4 fully saturated rings. The Kier molecular flexibility index (Phi) is 4.19. The summed E-state index contributed by atoms with van der Waals surface area (Å²) >= 11 is 0. The van der Waals surface area contributed by atoms with Crippen LogP contribution >= 0.6 is 0 Å². The van der Waals surface area contributed by atoms with E-state index in [1.54, 1.807) is 11.1 Å². The van der Waals surface area contributed by atoms with Crippen molar-refractivity contribution in [2.45, 2.75) is 88.9 Å². The van der Waals surface area contributed by atoms with E-state index in [0.29, 0.717) is 0 Å². The van der Waals surface area contributed by atoms with Crippen LogP contribution in [0.2, 0.25) is 0 Å². The number of fused-ring (bicyclic) bond motifs is 2. The predicted molar refractivity (Wildman–Crippen MR) is 101 cm³/mol. The first-order valence-electron chi connectivity index (χ1n) is 11.0. The molecule has 4 atom stereocenters. The van der Waals surface area contributed by atoms with Gasteiger partial charge in [-0.15, -0.1) is 0 Å². The van der Waals surface area contributed by atoms with Crippen molar-refractivity contribution in [1.29, 1.82) is 0 Å². The molecule has 4 aliphatic carbocycles. The topological polar surface area (TPSA) is 0 Å². The number of benzene rings is 1. The molecule has 0 saturated heterocycles. The van der Waals surface area contributed by atoms with Crippen LogP contribution in [0.15, 0.2) is 24.3 Å². The molecule has 0 heteroatoms. The summed E-state index contributed by atoms with van der Waals surface area (Å²) in [7, 11) is 0. The van der Waals surface area contributed by atoms with Gasteiger partial charge in [-0.05, 0) is 72.3 Å². The average molecular weight is 323 g/mol. The fraction of sp³-hybridized carbons (Fsp3) is 0.750. The average Bonchev–Trinajstić information content (AvgIpc) is 3.25. The Balaban J connectivity index is 1.38. The van der Waals surface area contributed by atoms with E-state index in [1.807, 2.05) is 0 Å². The van der Waals surface area contributed by atoms with Crippen LogP contribution in [0.5, 0.6) is 0 Å². The van der Waals surface area contributed by atoms with E-state index < -0.39 is 0 Å². The summed E-state index contributed by atoms with van der Waals surface area (Å²) in [4.78, 5) is 0. The van der Waals surface area contributed by atoms with Crippen LogP contribution in [0, 0.1) is 23.7 Å². The highest BCUT2D eigenvalue weighted by Gasteiger charge is 2.40. The fourth-order valence-electron chi connectivity index (χ4n) is 7.23. The van der Waals surface area contributed by atoms with Gasteiger partial charge in [0.15, 0.2) is 0 Å². The van der Waals surface area contributed by atoms with E-state index in [4.69, 9.17) is 0 Å². The maximum Gasteiger partial charge on any atom is -0.0154 e. The van der Waals surface area contributed by atoms with Gasteiger partial charge in [-0.2, -0.15) is 0 Å². The molecule has 0 radical (unpaired) electrons. The smallest absolute Gasteiger partial charge is 0.0154 e. The number of hydrogen-bond donors (Lipinski definition) is 0. The molecule has 130 valence electrons. The summed E-state index contributed by atoms with van der Waals surface area (Å²) in [5.41, 5.74) is 3.55.